The normalized spacial score (nSPS) is 20.1. The van der Waals surface area contributed by atoms with Crippen molar-refractivity contribution in [2.24, 2.45) is 0 Å². The highest BCUT2D eigenvalue weighted by Gasteiger charge is 2.25. The lowest BCUT2D eigenvalue weighted by Crippen LogP contribution is -2.43. The Morgan fingerprint density at radius 1 is 1.40 bits per heavy atom. The summed E-state index contributed by atoms with van der Waals surface area (Å²) in [6.07, 6.45) is -0.919. The van der Waals surface area contributed by atoms with Crippen LogP contribution in [0.15, 0.2) is 0 Å². The monoisotopic (exact) mass is 217 g/mol. The minimum absolute atomic E-state index is 0.230. The molecular formula is C8H11NO6. The molecule has 0 aliphatic carbocycles. The van der Waals surface area contributed by atoms with Gasteiger partial charge in [-0.25, -0.2) is 0 Å². The number of ether oxygens (including phenoxy) is 2. The Hall–Kier alpha value is -1.63. The van der Waals surface area contributed by atoms with Crippen LogP contribution in [0.25, 0.3) is 0 Å². The summed E-state index contributed by atoms with van der Waals surface area (Å²) in [7, 11) is 0. The molecule has 7 heteroatoms. The molecule has 0 radical (unpaired) electrons. The molecule has 15 heavy (non-hydrogen) atoms. The molecule has 1 aliphatic heterocycles. The fraction of sp³-hybridized carbons (Fsp3) is 0.625. The van der Waals surface area contributed by atoms with Gasteiger partial charge in [-0.3, -0.25) is 19.3 Å². The van der Waals surface area contributed by atoms with Gasteiger partial charge >= 0.3 is 17.9 Å². The van der Waals surface area contributed by atoms with Crippen LogP contribution < -0.4 is 0 Å². The molecule has 0 aromatic rings. The van der Waals surface area contributed by atoms with Crippen LogP contribution in [-0.4, -0.2) is 53.8 Å². The molecule has 0 bridgehead atoms. The van der Waals surface area contributed by atoms with Gasteiger partial charge in [0.25, 0.3) is 0 Å². The summed E-state index contributed by atoms with van der Waals surface area (Å²) in [5.41, 5.74) is 0. The van der Waals surface area contributed by atoms with Gasteiger partial charge in [-0.05, 0) is 0 Å². The third-order valence-corrected chi connectivity index (χ3v) is 1.66. The van der Waals surface area contributed by atoms with Gasteiger partial charge < -0.3 is 14.6 Å². The Balaban J connectivity index is 2.61. The summed E-state index contributed by atoms with van der Waals surface area (Å²) in [4.78, 5) is 33.7. The summed E-state index contributed by atoms with van der Waals surface area (Å²) in [5.74, 6) is -2.35. The molecule has 1 N–H and O–H groups in total. The average molecular weight is 217 g/mol. The lowest BCUT2D eigenvalue weighted by Gasteiger charge is -2.24. The van der Waals surface area contributed by atoms with E-state index in [1.54, 1.807) is 0 Å². The quantitative estimate of drug-likeness (QED) is 0.582. The second-order valence-corrected chi connectivity index (χ2v) is 3.09. The number of aliphatic carboxylic acids is 1. The Kier molecular flexibility index (Phi) is 3.62. The summed E-state index contributed by atoms with van der Waals surface area (Å²) in [6.45, 7) is 0.554. The van der Waals surface area contributed by atoms with E-state index in [1.165, 1.54) is 6.92 Å². The second kappa shape index (κ2) is 4.74. The molecule has 0 atom stereocenters. The van der Waals surface area contributed by atoms with Crippen LogP contribution in [-0.2, 0) is 23.9 Å². The molecule has 0 aromatic carbocycles. The summed E-state index contributed by atoms with van der Waals surface area (Å²) < 4.78 is 9.31. The molecule has 0 aromatic heterocycles. The van der Waals surface area contributed by atoms with Gasteiger partial charge in [-0.2, -0.15) is 0 Å². The predicted octanol–water partition coefficient (Wildman–Crippen LogP) is -1.18. The summed E-state index contributed by atoms with van der Waals surface area (Å²) in [6, 6.07) is 0. The SMILES string of the molecule is CC1OC(=O)CN(CC(=O)O)CC(=O)O1. The predicted molar refractivity (Wildman–Crippen MR) is 45.7 cm³/mol. The van der Waals surface area contributed by atoms with Gasteiger partial charge in [0.15, 0.2) is 0 Å². The molecule has 1 fully saturated rings. The topological polar surface area (TPSA) is 93.1 Å². The molecule has 0 amide bonds. The fourth-order valence-corrected chi connectivity index (χ4v) is 1.19. The Labute approximate surface area is 85.6 Å². The molecule has 1 heterocycles. The van der Waals surface area contributed by atoms with E-state index in [0.717, 1.165) is 4.90 Å². The number of carbonyl (C=O) groups is 3. The molecule has 84 valence electrons. The van der Waals surface area contributed by atoms with E-state index in [9.17, 15) is 14.4 Å². The van der Waals surface area contributed by atoms with Gasteiger partial charge in [0, 0.05) is 6.92 Å². The summed E-state index contributed by atoms with van der Waals surface area (Å²) in [5, 5.41) is 8.51. The smallest absolute Gasteiger partial charge is 0.323 e. The first-order valence-corrected chi connectivity index (χ1v) is 4.30. The van der Waals surface area contributed by atoms with Crippen LogP contribution in [0.2, 0.25) is 0 Å². The molecule has 0 unspecified atom stereocenters. The lowest BCUT2D eigenvalue weighted by atomic mass is 10.4. The highest BCUT2D eigenvalue weighted by molar-refractivity contribution is 5.78. The van der Waals surface area contributed by atoms with E-state index in [4.69, 9.17) is 5.11 Å². The molecular weight excluding hydrogens is 206 g/mol. The van der Waals surface area contributed by atoms with Gasteiger partial charge in [-0.15, -0.1) is 0 Å². The van der Waals surface area contributed by atoms with Crippen molar-refractivity contribution >= 4 is 17.9 Å². The van der Waals surface area contributed by atoms with Crippen LogP contribution >= 0.6 is 0 Å². The number of carboxylic acid groups (broad SMARTS) is 1. The maximum atomic E-state index is 11.1. The zero-order chi connectivity index (χ0) is 11.4. The fourth-order valence-electron chi connectivity index (χ4n) is 1.19. The van der Waals surface area contributed by atoms with E-state index in [0.29, 0.717) is 0 Å². The minimum Gasteiger partial charge on any atom is -0.480 e. The van der Waals surface area contributed by atoms with E-state index in [-0.39, 0.29) is 13.1 Å². The first kappa shape index (κ1) is 11.4. The highest BCUT2D eigenvalue weighted by atomic mass is 16.7. The van der Waals surface area contributed by atoms with Crippen LogP contribution in [0.3, 0.4) is 0 Å². The van der Waals surface area contributed by atoms with E-state index in [2.05, 4.69) is 9.47 Å². The maximum Gasteiger partial charge on any atom is 0.323 e. The third-order valence-electron chi connectivity index (χ3n) is 1.66. The molecule has 0 spiro atoms. The standard InChI is InChI=1S/C8H11NO6/c1-5-14-7(12)3-9(2-6(10)11)4-8(13)15-5/h5H,2-4H2,1H3,(H,10,11). The van der Waals surface area contributed by atoms with Crippen LogP contribution in [0.4, 0.5) is 0 Å². The molecule has 7 nitrogen and oxygen atoms in total. The highest BCUT2D eigenvalue weighted by Crippen LogP contribution is 2.02. The Morgan fingerprint density at radius 3 is 2.27 bits per heavy atom. The van der Waals surface area contributed by atoms with Gasteiger partial charge in [0.1, 0.15) is 0 Å². The van der Waals surface area contributed by atoms with Crippen molar-refractivity contribution in [2.45, 2.75) is 13.2 Å². The van der Waals surface area contributed by atoms with Crippen molar-refractivity contribution < 1.29 is 29.0 Å². The van der Waals surface area contributed by atoms with Crippen LogP contribution in [0.1, 0.15) is 6.92 Å². The van der Waals surface area contributed by atoms with Crippen molar-refractivity contribution in [2.75, 3.05) is 19.6 Å². The van der Waals surface area contributed by atoms with Gasteiger partial charge in [-0.1, -0.05) is 0 Å². The van der Waals surface area contributed by atoms with Gasteiger partial charge in [0.05, 0.1) is 19.6 Å². The number of carbonyl (C=O) groups excluding carboxylic acids is 2. The zero-order valence-electron chi connectivity index (χ0n) is 8.13. The number of esters is 2. The van der Waals surface area contributed by atoms with E-state index >= 15 is 0 Å². The Morgan fingerprint density at radius 2 is 1.87 bits per heavy atom. The molecule has 1 aliphatic rings. The molecule has 1 saturated heterocycles. The first-order chi connectivity index (χ1) is 6.97. The number of nitrogens with zero attached hydrogens (tertiary/aromatic N) is 1. The van der Waals surface area contributed by atoms with Crippen molar-refractivity contribution in [3.8, 4) is 0 Å². The Bertz CT molecular complexity index is 269. The van der Waals surface area contributed by atoms with E-state index < -0.39 is 30.7 Å². The first-order valence-electron chi connectivity index (χ1n) is 4.30. The maximum absolute atomic E-state index is 11.1. The summed E-state index contributed by atoms with van der Waals surface area (Å²) >= 11 is 0. The van der Waals surface area contributed by atoms with Crippen molar-refractivity contribution in [1.82, 2.24) is 4.90 Å². The second-order valence-electron chi connectivity index (χ2n) is 3.09. The largest absolute Gasteiger partial charge is 0.480 e. The molecule has 0 saturated carbocycles. The molecule has 1 rings (SSSR count). The van der Waals surface area contributed by atoms with Crippen molar-refractivity contribution in [1.29, 1.82) is 0 Å². The number of hydrogen-bond donors (Lipinski definition) is 1. The third kappa shape index (κ3) is 3.94. The number of rotatable bonds is 2. The number of cyclic esters (lactones) is 2. The van der Waals surface area contributed by atoms with Crippen molar-refractivity contribution in [3.05, 3.63) is 0 Å². The van der Waals surface area contributed by atoms with Gasteiger partial charge in [0.2, 0.25) is 6.29 Å². The van der Waals surface area contributed by atoms with E-state index in [1.807, 2.05) is 0 Å². The van der Waals surface area contributed by atoms with Crippen LogP contribution in [0, 0.1) is 0 Å². The number of carboxylic acids is 1. The number of hydrogen-bond acceptors (Lipinski definition) is 6. The van der Waals surface area contributed by atoms with Crippen LogP contribution in [0.5, 0.6) is 0 Å². The average Bonchev–Trinajstić information content (AvgIpc) is 1.98. The minimum atomic E-state index is -1.12. The van der Waals surface area contributed by atoms with Crippen molar-refractivity contribution in [3.63, 3.8) is 0 Å². The lowest BCUT2D eigenvalue weighted by molar-refractivity contribution is -0.191. The zero-order valence-corrected chi connectivity index (χ0v) is 8.13.